The van der Waals surface area contributed by atoms with Gasteiger partial charge in [0.05, 0.1) is 34.5 Å². The normalized spacial score (nSPS) is 15.3. The maximum absolute atomic E-state index is 13.6. The van der Waals surface area contributed by atoms with Crippen molar-refractivity contribution in [3.63, 3.8) is 0 Å². The Labute approximate surface area is 206 Å². The van der Waals surface area contributed by atoms with E-state index in [0.717, 1.165) is 11.1 Å². The summed E-state index contributed by atoms with van der Waals surface area (Å²) in [4.78, 5) is 43.6. The number of nitrogens with zero attached hydrogens (tertiary/aromatic N) is 2. The van der Waals surface area contributed by atoms with Crippen molar-refractivity contribution in [1.29, 1.82) is 0 Å². The van der Waals surface area contributed by atoms with E-state index in [0.29, 0.717) is 26.2 Å². The number of hydrogen-bond donors (Lipinski definition) is 0. The number of carbonyl (C=O) groups is 2. The first-order valence-electron chi connectivity index (χ1n) is 10.9. The van der Waals surface area contributed by atoms with Gasteiger partial charge < -0.3 is 9.47 Å². The van der Waals surface area contributed by atoms with Gasteiger partial charge in [-0.2, -0.15) is 0 Å². The molecule has 178 valence electrons. The van der Waals surface area contributed by atoms with Gasteiger partial charge in [0.25, 0.3) is 5.56 Å². The zero-order valence-corrected chi connectivity index (χ0v) is 20.4. The first kappa shape index (κ1) is 24.1. The summed E-state index contributed by atoms with van der Waals surface area (Å²) in [6.45, 7) is 7.34. The molecule has 0 spiro atoms. The lowest BCUT2D eigenvalue weighted by atomic mass is 9.95. The number of thiazole rings is 1. The van der Waals surface area contributed by atoms with Crippen molar-refractivity contribution in [1.82, 2.24) is 4.57 Å². The molecule has 0 radical (unpaired) electrons. The minimum absolute atomic E-state index is 0.0292. The number of esters is 2. The number of benzene rings is 2. The third kappa shape index (κ3) is 4.79. The molecule has 1 aliphatic heterocycles. The smallest absolute Gasteiger partial charge is 0.338 e. The van der Waals surface area contributed by atoms with Crippen LogP contribution in [0.4, 0.5) is 0 Å². The first-order chi connectivity index (χ1) is 16.8. The highest BCUT2D eigenvalue weighted by molar-refractivity contribution is 7.07. The van der Waals surface area contributed by atoms with Crippen LogP contribution in [0.15, 0.2) is 82.2 Å². The van der Waals surface area contributed by atoms with Crippen molar-refractivity contribution in [2.75, 3.05) is 13.7 Å². The molecule has 1 unspecified atom stereocenters. The third-order valence-corrected chi connectivity index (χ3v) is 6.58. The van der Waals surface area contributed by atoms with Crippen LogP contribution in [0.25, 0.3) is 6.08 Å². The molecule has 8 heteroatoms. The molecule has 0 bridgehead atoms. The third-order valence-electron chi connectivity index (χ3n) is 5.60. The quantitative estimate of drug-likeness (QED) is 0.393. The molecular weight excluding hydrogens is 464 g/mol. The molecule has 1 aliphatic rings. The van der Waals surface area contributed by atoms with Crippen molar-refractivity contribution < 1.29 is 19.1 Å². The Morgan fingerprint density at radius 2 is 1.77 bits per heavy atom. The Morgan fingerprint density at radius 1 is 1.09 bits per heavy atom. The van der Waals surface area contributed by atoms with Crippen LogP contribution in [0, 0.1) is 6.92 Å². The highest BCUT2D eigenvalue weighted by Crippen LogP contribution is 2.31. The average Bonchev–Trinajstić information content (AvgIpc) is 3.16. The molecule has 4 rings (SSSR count). The molecule has 2 aromatic carbocycles. The van der Waals surface area contributed by atoms with E-state index in [1.54, 1.807) is 31.2 Å². The summed E-state index contributed by atoms with van der Waals surface area (Å²) in [6, 6.07) is 13.7. The van der Waals surface area contributed by atoms with Crippen molar-refractivity contribution in [3.8, 4) is 0 Å². The fraction of sp³-hybridized carbons (Fsp3) is 0.185. The van der Waals surface area contributed by atoms with Crippen LogP contribution in [0.3, 0.4) is 0 Å². The molecule has 7 nitrogen and oxygen atoms in total. The van der Waals surface area contributed by atoms with Crippen LogP contribution in [-0.4, -0.2) is 30.2 Å². The molecule has 35 heavy (non-hydrogen) atoms. The van der Waals surface area contributed by atoms with Crippen LogP contribution >= 0.6 is 11.3 Å². The predicted molar refractivity (Wildman–Crippen MR) is 134 cm³/mol. The maximum atomic E-state index is 13.6. The van der Waals surface area contributed by atoms with E-state index in [1.165, 1.54) is 29.1 Å². The van der Waals surface area contributed by atoms with Gasteiger partial charge in [-0.25, -0.2) is 14.6 Å². The molecular formula is C27H24N2O5S. The second-order valence-electron chi connectivity index (χ2n) is 7.99. The summed E-state index contributed by atoms with van der Waals surface area (Å²) >= 11 is 1.26. The summed E-state index contributed by atoms with van der Waals surface area (Å²) < 4.78 is 12.1. The Morgan fingerprint density at radius 3 is 2.40 bits per heavy atom. The molecule has 3 aromatic rings. The van der Waals surface area contributed by atoms with Crippen LogP contribution in [0.5, 0.6) is 0 Å². The number of aryl methyl sites for hydroxylation is 1. The molecule has 0 amide bonds. The molecule has 1 atom stereocenters. The zero-order chi connectivity index (χ0) is 25.1. The number of aromatic nitrogens is 1. The molecule has 1 aromatic heterocycles. The topological polar surface area (TPSA) is 87.0 Å². The fourth-order valence-corrected chi connectivity index (χ4v) is 4.89. The van der Waals surface area contributed by atoms with Crippen molar-refractivity contribution in [2.24, 2.45) is 4.99 Å². The lowest BCUT2D eigenvalue weighted by molar-refractivity contribution is -0.138. The summed E-state index contributed by atoms with van der Waals surface area (Å²) in [7, 11) is 1.31. The number of hydrogen-bond acceptors (Lipinski definition) is 7. The minimum Gasteiger partial charge on any atom is -0.465 e. The highest BCUT2D eigenvalue weighted by atomic mass is 32.1. The maximum Gasteiger partial charge on any atom is 0.338 e. The molecule has 0 saturated carbocycles. The van der Waals surface area contributed by atoms with Gasteiger partial charge >= 0.3 is 11.9 Å². The van der Waals surface area contributed by atoms with Gasteiger partial charge in [-0.15, -0.1) is 0 Å². The first-order valence-corrected chi connectivity index (χ1v) is 11.7. The van der Waals surface area contributed by atoms with Gasteiger partial charge in [-0.3, -0.25) is 9.36 Å². The van der Waals surface area contributed by atoms with E-state index in [-0.39, 0.29) is 17.7 Å². The Kier molecular flexibility index (Phi) is 6.93. The molecule has 2 heterocycles. The number of methoxy groups -OCH3 is 1. The number of allylic oxidation sites excluding steroid dienone is 1. The van der Waals surface area contributed by atoms with Gasteiger partial charge in [0.15, 0.2) is 4.80 Å². The van der Waals surface area contributed by atoms with Gasteiger partial charge in [0.2, 0.25) is 0 Å². The van der Waals surface area contributed by atoms with Gasteiger partial charge in [-0.1, -0.05) is 66.0 Å². The Hall–Kier alpha value is -4.04. The highest BCUT2D eigenvalue weighted by Gasteiger charge is 2.33. The van der Waals surface area contributed by atoms with Crippen molar-refractivity contribution in [2.45, 2.75) is 19.9 Å². The number of carbonyl (C=O) groups excluding carboxylic acids is 2. The standard InChI is InChI=1S/C27H24N2O5S/c1-5-14-34-26(32)22-17(3)28-27-29(23(22)19-10-12-20(13-11-19)25(31)33-4)24(30)21(35-27)15-18-8-6-16(2)7-9-18/h5-13,15,23H,1,14H2,2-4H3/b21-15+. The van der Waals surface area contributed by atoms with Crippen molar-refractivity contribution in [3.05, 3.63) is 114 Å². The minimum atomic E-state index is -0.768. The second-order valence-corrected chi connectivity index (χ2v) is 9.00. The summed E-state index contributed by atoms with van der Waals surface area (Å²) in [6.07, 6.45) is 3.29. The van der Waals surface area contributed by atoms with Gasteiger partial charge in [-0.05, 0) is 43.2 Å². The largest absolute Gasteiger partial charge is 0.465 e. The van der Waals surface area contributed by atoms with E-state index in [1.807, 2.05) is 37.3 Å². The number of rotatable bonds is 6. The lowest BCUT2D eigenvalue weighted by Crippen LogP contribution is -2.40. The Bertz CT molecular complexity index is 1510. The van der Waals surface area contributed by atoms with E-state index < -0.39 is 18.0 Å². The van der Waals surface area contributed by atoms with Gasteiger partial charge in [0, 0.05) is 0 Å². The second kappa shape index (κ2) is 10.1. The number of ether oxygens (including phenoxy) is 2. The average molecular weight is 489 g/mol. The van der Waals surface area contributed by atoms with Crippen LogP contribution in [-0.2, 0) is 14.3 Å². The summed E-state index contributed by atoms with van der Waals surface area (Å²) in [5.74, 6) is -1.06. The summed E-state index contributed by atoms with van der Waals surface area (Å²) in [5.41, 5.74) is 3.47. The van der Waals surface area contributed by atoms with E-state index in [2.05, 4.69) is 11.6 Å². The molecule has 0 aliphatic carbocycles. The molecule has 0 fully saturated rings. The van der Waals surface area contributed by atoms with Crippen LogP contribution in [0.2, 0.25) is 0 Å². The van der Waals surface area contributed by atoms with E-state index in [9.17, 15) is 14.4 Å². The van der Waals surface area contributed by atoms with Crippen LogP contribution in [0.1, 0.15) is 40.0 Å². The zero-order valence-electron chi connectivity index (χ0n) is 19.6. The number of fused-ring (bicyclic) bond motifs is 1. The van der Waals surface area contributed by atoms with E-state index in [4.69, 9.17) is 9.47 Å². The predicted octanol–water partition coefficient (Wildman–Crippen LogP) is 3.06. The van der Waals surface area contributed by atoms with E-state index >= 15 is 0 Å². The van der Waals surface area contributed by atoms with Crippen LogP contribution < -0.4 is 14.9 Å². The summed E-state index contributed by atoms with van der Waals surface area (Å²) in [5, 5.41) is 0. The lowest BCUT2D eigenvalue weighted by Gasteiger charge is -2.24. The van der Waals surface area contributed by atoms with Crippen molar-refractivity contribution >= 4 is 29.4 Å². The Balaban J connectivity index is 1.90. The fourth-order valence-electron chi connectivity index (χ4n) is 3.84. The molecule has 0 saturated heterocycles. The SMILES string of the molecule is C=CCOC(=O)C1=C(C)N=c2s/c(=C/c3ccc(C)cc3)c(=O)n2C1c1ccc(C(=O)OC)cc1. The molecule has 0 N–H and O–H groups in total. The monoisotopic (exact) mass is 488 g/mol. The van der Waals surface area contributed by atoms with Gasteiger partial charge in [0.1, 0.15) is 6.61 Å².